The van der Waals surface area contributed by atoms with Crippen LogP contribution in [0.3, 0.4) is 0 Å². The van der Waals surface area contributed by atoms with Gasteiger partial charge in [0.15, 0.2) is 0 Å². The Morgan fingerprint density at radius 2 is 2.16 bits per heavy atom. The zero-order chi connectivity index (χ0) is 13.7. The number of hydrogen-bond donors (Lipinski definition) is 2. The Labute approximate surface area is 114 Å². The van der Waals surface area contributed by atoms with Crippen LogP contribution in [-0.4, -0.2) is 36.0 Å². The standard InChI is InChI=1S/C14H23N3O2/c15-14(19)16-10-12-7-3-4-8-17(12)13(18)9-11-5-1-2-6-11/h1,5,11-12H,2-4,6-10H2,(H3,15,16,19)/t11-,12-/m1/s1. The van der Waals surface area contributed by atoms with E-state index in [1.165, 1.54) is 0 Å². The number of primary amides is 1. The average Bonchev–Trinajstić information content (AvgIpc) is 2.89. The highest BCUT2D eigenvalue weighted by molar-refractivity contribution is 5.77. The van der Waals surface area contributed by atoms with Crippen molar-refractivity contribution in [2.45, 2.75) is 44.6 Å². The van der Waals surface area contributed by atoms with E-state index in [1.54, 1.807) is 0 Å². The Morgan fingerprint density at radius 3 is 2.84 bits per heavy atom. The first-order valence-electron chi connectivity index (χ1n) is 7.16. The van der Waals surface area contributed by atoms with Crippen LogP contribution in [0.4, 0.5) is 4.79 Å². The van der Waals surface area contributed by atoms with Crippen molar-refractivity contribution in [3.8, 4) is 0 Å². The van der Waals surface area contributed by atoms with Crippen LogP contribution in [0.15, 0.2) is 12.2 Å². The van der Waals surface area contributed by atoms with Gasteiger partial charge in [0.25, 0.3) is 0 Å². The number of carbonyl (C=O) groups is 2. The summed E-state index contributed by atoms with van der Waals surface area (Å²) in [5, 5.41) is 2.62. The number of allylic oxidation sites excluding steroid dienone is 2. The molecule has 3 amide bonds. The molecule has 3 N–H and O–H groups in total. The molecule has 1 saturated heterocycles. The molecule has 1 aliphatic heterocycles. The van der Waals surface area contributed by atoms with Gasteiger partial charge in [-0.3, -0.25) is 4.79 Å². The van der Waals surface area contributed by atoms with Crippen molar-refractivity contribution in [2.24, 2.45) is 11.7 Å². The Morgan fingerprint density at radius 1 is 1.32 bits per heavy atom. The molecule has 2 aliphatic rings. The molecule has 2 rings (SSSR count). The van der Waals surface area contributed by atoms with Crippen molar-refractivity contribution >= 4 is 11.9 Å². The fraction of sp³-hybridized carbons (Fsp3) is 0.714. The number of carbonyl (C=O) groups excluding carboxylic acids is 2. The minimum atomic E-state index is -0.517. The molecular weight excluding hydrogens is 242 g/mol. The number of likely N-dealkylation sites (tertiary alicyclic amines) is 1. The molecule has 5 heteroatoms. The maximum atomic E-state index is 12.4. The molecule has 0 aromatic rings. The molecule has 0 spiro atoms. The van der Waals surface area contributed by atoms with Gasteiger partial charge in [0.05, 0.1) is 0 Å². The third-order valence-electron chi connectivity index (χ3n) is 4.01. The minimum Gasteiger partial charge on any atom is -0.352 e. The smallest absolute Gasteiger partial charge is 0.312 e. The second kappa shape index (κ2) is 6.59. The highest BCUT2D eigenvalue weighted by atomic mass is 16.2. The largest absolute Gasteiger partial charge is 0.352 e. The summed E-state index contributed by atoms with van der Waals surface area (Å²) in [5.74, 6) is 0.617. The topological polar surface area (TPSA) is 75.4 Å². The third-order valence-corrected chi connectivity index (χ3v) is 4.01. The van der Waals surface area contributed by atoms with Crippen molar-refractivity contribution in [1.82, 2.24) is 10.2 Å². The lowest BCUT2D eigenvalue weighted by atomic mass is 9.98. The van der Waals surface area contributed by atoms with Gasteiger partial charge in [-0.15, -0.1) is 0 Å². The van der Waals surface area contributed by atoms with Crippen molar-refractivity contribution in [3.05, 3.63) is 12.2 Å². The number of piperidine rings is 1. The van der Waals surface area contributed by atoms with Gasteiger partial charge in [-0.2, -0.15) is 0 Å². The van der Waals surface area contributed by atoms with Gasteiger partial charge >= 0.3 is 6.03 Å². The Hall–Kier alpha value is -1.52. The van der Waals surface area contributed by atoms with E-state index in [4.69, 9.17) is 5.73 Å². The van der Waals surface area contributed by atoms with E-state index >= 15 is 0 Å². The van der Waals surface area contributed by atoms with Gasteiger partial charge in [0.2, 0.25) is 5.91 Å². The monoisotopic (exact) mass is 265 g/mol. The third kappa shape index (κ3) is 3.98. The first-order valence-corrected chi connectivity index (χ1v) is 7.16. The molecule has 19 heavy (non-hydrogen) atoms. The lowest BCUT2D eigenvalue weighted by Gasteiger charge is -2.36. The van der Waals surface area contributed by atoms with Gasteiger partial charge in [-0.25, -0.2) is 4.79 Å². The summed E-state index contributed by atoms with van der Waals surface area (Å²) in [4.78, 5) is 25.1. The van der Waals surface area contributed by atoms with Gasteiger partial charge in [0.1, 0.15) is 0 Å². The maximum absolute atomic E-state index is 12.4. The molecule has 1 heterocycles. The molecule has 0 unspecified atom stereocenters. The van der Waals surface area contributed by atoms with E-state index < -0.39 is 6.03 Å². The molecule has 0 bridgehead atoms. The van der Waals surface area contributed by atoms with E-state index in [0.717, 1.165) is 38.6 Å². The predicted molar refractivity (Wildman–Crippen MR) is 73.4 cm³/mol. The van der Waals surface area contributed by atoms with Gasteiger partial charge in [-0.05, 0) is 38.0 Å². The van der Waals surface area contributed by atoms with Crippen LogP contribution >= 0.6 is 0 Å². The number of rotatable bonds is 4. The van der Waals surface area contributed by atoms with Crippen molar-refractivity contribution in [3.63, 3.8) is 0 Å². The summed E-state index contributed by atoms with van der Waals surface area (Å²) in [5.41, 5.74) is 5.10. The summed E-state index contributed by atoms with van der Waals surface area (Å²) in [7, 11) is 0. The SMILES string of the molecule is NC(=O)NC[C@H]1CCCCN1C(=O)C[C@@H]1C=CCC1. The van der Waals surface area contributed by atoms with Crippen LogP contribution in [0.1, 0.15) is 38.5 Å². The first-order chi connectivity index (χ1) is 9.16. The van der Waals surface area contributed by atoms with Crippen LogP contribution < -0.4 is 11.1 Å². The minimum absolute atomic E-state index is 0.110. The summed E-state index contributed by atoms with van der Waals surface area (Å²) in [6, 6.07) is -0.407. The number of nitrogens with two attached hydrogens (primary N) is 1. The van der Waals surface area contributed by atoms with Gasteiger partial charge < -0.3 is 16.0 Å². The maximum Gasteiger partial charge on any atom is 0.312 e. The van der Waals surface area contributed by atoms with Gasteiger partial charge in [-0.1, -0.05) is 12.2 Å². The molecule has 106 valence electrons. The molecule has 5 nitrogen and oxygen atoms in total. The van der Waals surface area contributed by atoms with Gasteiger partial charge in [0, 0.05) is 25.6 Å². The first kappa shape index (κ1) is 13.9. The summed E-state index contributed by atoms with van der Waals surface area (Å²) >= 11 is 0. The molecular formula is C14H23N3O2. The van der Waals surface area contributed by atoms with Crippen LogP contribution in [0, 0.1) is 5.92 Å². The van der Waals surface area contributed by atoms with Crippen LogP contribution in [-0.2, 0) is 4.79 Å². The van der Waals surface area contributed by atoms with Crippen LogP contribution in [0.2, 0.25) is 0 Å². The molecule has 0 radical (unpaired) electrons. The highest BCUT2D eigenvalue weighted by Crippen LogP contribution is 2.24. The zero-order valence-electron chi connectivity index (χ0n) is 11.3. The molecule has 1 aliphatic carbocycles. The quantitative estimate of drug-likeness (QED) is 0.754. The van der Waals surface area contributed by atoms with Crippen molar-refractivity contribution in [1.29, 1.82) is 0 Å². The van der Waals surface area contributed by atoms with E-state index in [-0.39, 0.29) is 11.9 Å². The van der Waals surface area contributed by atoms with Crippen molar-refractivity contribution in [2.75, 3.05) is 13.1 Å². The zero-order valence-corrected chi connectivity index (χ0v) is 11.3. The molecule has 0 aromatic heterocycles. The Kier molecular flexibility index (Phi) is 4.82. The second-order valence-corrected chi connectivity index (χ2v) is 5.45. The Balaban J connectivity index is 1.88. The highest BCUT2D eigenvalue weighted by Gasteiger charge is 2.28. The van der Waals surface area contributed by atoms with Crippen LogP contribution in [0.5, 0.6) is 0 Å². The normalized spacial score (nSPS) is 26.4. The lowest BCUT2D eigenvalue weighted by Crippen LogP contribution is -2.50. The number of urea groups is 1. The number of nitrogens with zero attached hydrogens (tertiary/aromatic N) is 1. The second-order valence-electron chi connectivity index (χ2n) is 5.45. The van der Waals surface area contributed by atoms with E-state index in [0.29, 0.717) is 18.9 Å². The summed E-state index contributed by atoms with van der Waals surface area (Å²) in [6.45, 7) is 1.28. The molecule has 0 aromatic carbocycles. The van der Waals surface area contributed by atoms with E-state index in [9.17, 15) is 9.59 Å². The van der Waals surface area contributed by atoms with Crippen LogP contribution in [0.25, 0.3) is 0 Å². The Bertz CT molecular complexity index is 368. The average molecular weight is 265 g/mol. The summed E-state index contributed by atoms with van der Waals surface area (Å²) in [6.07, 6.45) is 10.2. The fourth-order valence-corrected chi connectivity index (χ4v) is 2.97. The number of hydrogen-bond acceptors (Lipinski definition) is 2. The summed E-state index contributed by atoms with van der Waals surface area (Å²) < 4.78 is 0. The number of amides is 3. The van der Waals surface area contributed by atoms with Crippen molar-refractivity contribution < 1.29 is 9.59 Å². The fourth-order valence-electron chi connectivity index (χ4n) is 2.97. The van der Waals surface area contributed by atoms with E-state index in [2.05, 4.69) is 17.5 Å². The molecule has 1 fully saturated rings. The molecule has 0 saturated carbocycles. The molecule has 2 atom stereocenters. The predicted octanol–water partition coefficient (Wildman–Crippen LogP) is 1.39. The van der Waals surface area contributed by atoms with E-state index in [1.807, 2.05) is 4.90 Å². The number of nitrogens with one attached hydrogen (secondary N) is 1. The lowest BCUT2D eigenvalue weighted by molar-refractivity contribution is -0.135.